The van der Waals surface area contributed by atoms with Gasteiger partial charge in [-0.25, -0.2) is 17.5 Å². The predicted octanol–water partition coefficient (Wildman–Crippen LogP) is 1.21. The molecule has 0 saturated heterocycles. The van der Waals surface area contributed by atoms with Crippen LogP contribution in [0.4, 0.5) is 4.39 Å². The molecule has 5 nitrogen and oxygen atoms in total. The highest BCUT2D eigenvalue weighted by Gasteiger charge is 2.19. The van der Waals surface area contributed by atoms with Crippen molar-refractivity contribution in [1.82, 2.24) is 4.72 Å². The molecule has 1 rings (SSSR count). The maximum Gasteiger partial charge on any atom is 0.306 e. The molecule has 18 heavy (non-hydrogen) atoms. The van der Waals surface area contributed by atoms with Gasteiger partial charge in [0.25, 0.3) is 0 Å². The molecule has 2 N–H and O–H groups in total. The summed E-state index contributed by atoms with van der Waals surface area (Å²) in [5.41, 5.74) is 0. The number of sulfonamides is 1. The second-order valence-electron chi connectivity index (χ2n) is 3.86. The van der Waals surface area contributed by atoms with E-state index in [1.807, 2.05) is 0 Å². The highest BCUT2D eigenvalue weighted by Crippen LogP contribution is 2.13. The molecule has 0 aliphatic heterocycles. The van der Waals surface area contributed by atoms with Crippen molar-refractivity contribution < 1.29 is 22.7 Å². The fraction of sp³-hybridized carbons (Fsp3) is 0.364. The van der Waals surface area contributed by atoms with Gasteiger partial charge in [0, 0.05) is 6.54 Å². The van der Waals surface area contributed by atoms with Crippen LogP contribution in [0.25, 0.3) is 0 Å². The molecule has 0 fully saturated rings. The van der Waals surface area contributed by atoms with Crippen LogP contribution in [-0.4, -0.2) is 26.0 Å². The number of hydrogen-bond acceptors (Lipinski definition) is 3. The first-order chi connectivity index (χ1) is 8.34. The van der Waals surface area contributed by atoms with Crippen molar-refractivity contribution in [2.45, 2.75) is 18.2 Å². The molecule has 0 aromatic heterocycles. The van der Waals surface area contributed by atoms with Crippen LogP contribution in [-0.2, 0) is 14.8 Å². The predicted molar refractivity (Wildman–Crippen MR) is 63.0 cm³/mol. The standard InChI is InChI=1S/C11H14FNO4S/c1-8(11(14)15)6-7-13-18(16,17)10-5-3-2-4-9(10)12/h2-5,8,13H,6-7H2,1H3,(H,14,15). The van der Waals surface area contributed by atoms with E-state index >= 15 is 0 Å². The van der Waals surface area contributed by atoms with E-state index in [4.69, 9.17) is 5.11 Å². The minimum Gasteiger partial charge on any atom is -0.481 e. The van der Waals surface area contributed by atoms with Gasteiger partial charge in [0.1, 0.15) is 10.7 Å². The molecule has 0 spiro atoms. The molecule has 0 radical (unpaired) electrons. The first-order valence-corrected chi connectivity index (χ1v) is 6.80. The quantitative estimate of drug-likeness (QED) is 0.817. The lowest BCUT2D eigenvalue weighted by molar-refractivity contribution is -0.141. The highest BCUT2D eigenvalue weighted by molar-refractivity contribution is 7.89. The van der Waals surface area contributed by atoms with E-state index in [2.05, 4.69) is 4.72 Å². The number of hydrogen-bond donors (Lipinski definition) is 2. The Morgan fingerprint density at radius 2 is 2.06 bits per heavy atom. The van der Waals surface area contributed by atoms with Crippen molar-refractivity contribution in [2.75, 3.05) is 6.54 Å². The maximum atomic E-state index is 13.3. The van der Waals surface area contributed by atoms with Gasteiger partial charge in [0.15, 0.2) is 0 Å². The van der Waals surface area contributed by atoms with Crippen LogP contribution >= 0.6 is 0 Å². The number of halogens is 1. The molecular weight excluding hydrogens is 261 g/mol. The monoisotopic (exact) mass is 275 g/mol. The van der Waals surface area contributed by atoms with Gasteiger partial charge in [0.2, 0.25) is 10.0 Å². The molecule has 1 aromatic rings. The Morgan fingerprint density at radius 3 is 2.61 bits per heavy atom. The molecular formula is C11H14FNO4S. The van der Waals surface area contributed by atoms with Gasteiger partial charge < -0.3 is 5.11 Å². The summed E-state index contributed by atoms with van der Waals surface area (Å²) in [6.45, 7) is 1.42. The van der Waals surface area contributed by atoms with Crippen LogP contribution in [0.1, 0.15) is 13.3 Å². The normalized spacial score (nSPS) is 13.2. The van der Waals surface area contributed by atoms with E-state index in [1.54, 1.807) is 0 Å². The van der Waals surface area contributed by atoms with Crippen molar-refractivity contribution in [3.05, 3.63) is 30.1 Å². The van der Waals surface area contributed by atoms with Gasteiger partial charge in [-0.1, -0.05) is 19.1 Å². The number of rotatable bonds is 6. The molecule has 0 saturated carbocycles. The van der Waals surface area contributed by atoms with Crippen LogP contribution in [0.5, 0.6) is 0 Å². The van der Waals surface area contributed by atoms with Crippen molar-refractivity contribution in [1.29, 1.82) is 0 Å². The SMILES string of the molecule is CC(CCNS(=O)(=O)c1ccccc1F)C(=O)O. The second kappa shape index (κ2) is 5.92. The molecule has 1 atom stereocenters. The molecule has 0 aliphatic rings. The summed E-state index contributed by atoms with van der Waals surface area (Å²) in [5.74, 6) is -2.50. The van der Waals surface area contributed by atoms with E-state index in [0.717, 1.165) is 12.1 Å². The Bertz CT molecular complexity index is 530. The maximum absolute atomic E-state index is 13.3. The zero-order valence-electron chi connectivity index (χ0n) is 9.76. The number of carboxylic acids is 1. The molecule has 100 valence electrons. The van der Waals surface area contributed by atoms with Crippen LogP contribution in [0.3, 0.4) is 0 Å². The van der Waals surface area contributed by atoms with E-state index in [-0.39, 0.29) is 13.0 Å². The summed E-state index contributed by atoms with van der Waals surface area (Å²) >= 11 is 0. The zero-order chi connectivity index (χ0) is 13.8. The summed E-state index contributed by atoms with van der Waals surface area (Å²) in [7, 11) is -3.93. The number of aliphatic carboxylic acids is 1. The lowest BCUT2D eigenvalue weighted by Crippen LogP contribution is -2.27. The van der Waals surface area contributed by atoms with Crippen molar-refractivity contribution in [3.8, 4) is 0 Å². The number of carbonyl (C=O) groups is 1. The zero-order valence-corrected chi connectivity index (χ0v) is 10.6. The second-order valence-corrected chi connectivity index (χ2v) is 5.59. The average Bonchev–Trinajstić information content (AvgIpc) is 2.28. The Morgan fingerprint density at radius 1 is 1.44 bits per heavy atom. The van der Waals surface area contributed by atoms with Crippen molar-refractivity contribution in [2.24, 2.45) is 5.92 Å². The molecule has 0 amide bonds. The first kappa shape index (κ1) is 14.6. The summed E-state index contributed by atoms with van der Waals surface area (Å²) in [4.78, 5) is 10.1. The molecule has 0 bridgehead atoms. The molecule has 0 heterocycles. The average molecular weight is 275 g/mol. The van der Waals surface area contributed by atoms with E-state index < -0.39 is 32.6 Å². The third-order valence-electron chi connectivity index (χ3n) is 2.42. The molecule has 1 aromatic carbocycles. The minimum absolute atomic E-state index is 0.0515. The highest BCUT2D eigenvalue weighted by atomic mass is 32.2. The smallest absolute Gasteiger partial charge is 0.306 e. The number of benzene rings is 1. The van der Waals surface area contributed by atoms with Crippen molar-refractivity contribution in [3.63, 3.8) is 0 Å². The molecule has 0 aliphatic carbocycles. The molecule has 1 unspecified atom stereocenters. The van der Waals surface area contributed by atoms with Gasteiger partial charge in [-0.05, 0) is 18.6 Å². The fourth-order valence-corrected chi connectivity index (χ4v) is 2.40. The van der Waals surface area contributed by atoms with Crippen LogP contribution in [0.15, 0.2) is 29.2 Å². The van der Waals surface area contributed by atoms with Gasteiger partial charge in [0.05, 0.1) is 5.92 Å². The summed E-state index contributed by atoms with van der Waals surface area (Å²) in [5, 5.41) is 8.64. The number of nitrogens with one attached hydrogen (secondary N) is 1. The van der Waals surface area contributed by atoms with Gasteiger partial charge in [-0.2, -0.15) is 0 Å². The lowest BCUT2D eigenvalue weighted by Gasteiger charge is -2.09. The van der Waals surface area contributed by atoms with Crippen molar-refractivity contribution >= 4 is 16.0 Å². The first-order valence-electron chi connectivity index (χ1n) is 5.31. The number of carboxylic acid groups (broad SMARTS) is 1. The lowest BCUT2D eigenvalue weighted by atomic mass is 10.1. The Hall–Kier alpha value is -1.47. The fourth-order valence-electron chi connectivity index (χ4n) is 1.27. The van der Waals surface area contributed by atoms with Gasteiger partial charge in [-0.3, -0.25) is 4.79 Å². The Balaban J connectivity index is 2.67. The van der Waals surface area contributed by atoms with Crippen LogP contribution in [0.2, 0.25) is 0 Å². The Labute approximate surface area is 105 Å². The Kier molecular flexibility index (Phi) is 4.80. The van der Waals surface area contributed by atoms with Gasteiger partial charge >= 0.3 is 5.97 Å². The third kappa shape index (κ3) is 3.78. The largest absolute Gasteiger partial charge is 0.481 e. The third-order valence-corrected chi connectivity index (χ3v) is 3.91. The summed E-state index contributed by atoms with van der Waals surface area (Å²) < 4.78 is 38.9. The topological polar surface area (TPSA) is 83.5 Å². The van der Waals surface area contributed by atoms with Crippen LogP contribution in [0, 0.1) is 11.7 Å². The van der Waals surface area contributed by atoms with E-state index in [0.29, 0.717) is 0 Å². The van der Waals surface area contributed by atoms with E-state index in [9.17, 15) is 17.6 Å². The van der Waals surface area contributed by atoms with Gasteiger partial charge in [-0.15, -0.1) is 0 Å². The summed E-state index contributed by atoms with van der Waals surface area (Å²) in [6.07, 6.45) is 0.142. The summed E-state index contributed by atoms with van der Waals surface area (Å²) in [6, 6.07) is 5.01. The van der Waals surface area contributed by atoms with E-state index in [1.165, 1.54) is 19.1 Å². The van der Waals surface area contributed by atoms with Crippen LogP contribution < -0.4 is 4.72 Å². The molecule has 7 heteroatoms. The minimum atomic E-state index is -3.93.